The van der Waals surface area contributed by atoms with Crippen LogP contribution in [0.15, 0.2) is 18.2 Å². The lowest BCUT2D eigenvalue weighted by molar-refractivity contribution is 0.411. The first-order chi connectivity index (χ1) is 9.11. The van der Waals surface area contributed by atoms with Crippen molar-refractivity contribution in [2.75, 3.05) is 12.9 Å². The number of fused-ring (bicyclic) bond motifs is 1. The van der Waals surface area contributed by atoms with E-state index in [4.69, 9.17) is 16.2 Å². The summed E-state index contributed by atoms with van der Waals surface area (Å²) in [4.78, 5) is 0. The van der Waals surface area contributed by atoms with E-state index in [1.54, 1.807) is 18.9 Å². The molecule has 1 aliphatic rings. The van der Waals surface area contributed by atoms with Crippen molar-refractivity contribution >= 4 is 17.3 Å². The third-order valence-corrected chi connectivity index (χ3v) is 4.22. The highest BCUT2D eigenvalue weighted by molar-refractivity contribution is 7.99. The summed E-state index contributed by atoms with van der Waals surface area (Å²) in [6.07, 6.45) is 5.73. The Morgan fingerprint density at radius 2 is 2.16 bits per heavy atom. The summed E-state index contributed by atoms with van der Waals surface area (Å²) >= 11 is 1.57. The lowest BCUT2D eigenvalue weighted by Crippen LogP contribution is -2.26. The molecule has 0 spiro atoms. The summed E-state index contributed by atoms with van der Waals surface area (Å²) in [5, 5.41) is 0. The van der Waals surface area contributed by atoms with E-state index in [1.165, 1.54) is 28.7 Å². The zero-order chi connectivity index (χ0) is 13.8. The zero-order valence-corrected chi connectivity index (χ0v) is 12.4. The molecule has 0 unspecified atom stereocenters. The topological polar surface area (TPSA) is 61.3 Å². The van der Waals surface area contributed by atoms with Crippen molar-refractivity contribution < 1.29 is 4.74 Å². The minimum absolute atomic E-state index is 0.294. The standard InChI is InChI=1S/C15H22N2OS/c1-10-8-13-11(6-7-19-15(16)17)4-3-5-12(13)9-14(10)18-2/h6,8-9,15H,3-5,7,16-17H2,1-2H3/b11-6+. The maximum atomic E-state index is 5.56. The molecule has 0 heterocycles. The van der Waals surface area contributed by atoms with Gasteiger partial charge in [-0.2, -0.15) is 0 Å². The number of thioether (sulfide) groups is 1. The number of allylic oxidation sites excluding steroid dienone is 1. The minimum Gasteiger partial charge on any atom is -0.496 e. The van der Waals surface area contributed by atoms with Gasteiger partial charge in [0.25, 0.3) is 0 Å². The van der Waals surface area contributed by atoms with Crippen LogP contribution in [0, 0.1) is 6.92 Å². The van der Waals surface area contributed by atoms with Gasteiger partial charge >= 0.3 is 0 Å². The van der Waals surface area contributed by atoms with Crippen LogP contribution < -0.4 is 16.2 Å². The lowest BCUT2D eigenvalue weighted by Gasteiger charge is -2.21. The fourth-order valence-electron chi connectivity index (χ4n) is 2.53. The summed E-state index contributed by atoms with van der Waals surface area (Å²) in [5.74, 6) is 1.86. The molecule has 0 amide bonds. The molecule has 4 heteroatoms. The van der Waals surface area contributed by atoms with Crippen LogP contribution in [-0.2, 0) is 6.42 Å². The van der Waals surface area contributed by atoms with Gasteiger partial charge in [-0.25, -0.2) is 0 Å². The number of methoxy groups -OCH3 is 1. The lowest BCUT2D eigenvalue weighted by atomic mass is 9.86. The molecule has 0 saturated heterocycles. The van der Waals surface area contributed by atoms with E-state index in [1.807, 2.05) is 0 Å². The number of aryl methyl sites for hydroxylation is 2. The molecule has 1 aromatic carbocycles. The predicted octanol–water partition coefficient (Wildman–Crippen LogP) is 2.66. The average molecular weight is 278 g/mol. The second-order valence-electron chi connectivity index (χ2n) is 4.86. The van der Waals surface area contributed by atoms with Crippen molar-refractivity contribution in [1.29, 1.82) is 0 Å². The molecule has 0 fully saturated rings. The van der Waals surface area contributed by atoms with Crippen molar-refractivity contribution in [3.8, 4) is 5.75 Å². The highest BCUT2D eigenvalue weighted by atomic mass is 32.2. The third kappa shape index (κ3) is 3.53. The highest BCUT2D eigenvalue weighted by Gasteiger charge is 2.16. The van der Waals surface area contributed by atoms with Gasteiger partial charge in [-0.3, -0.25) is 0 Å². The van der Waals surface area contributed by atoms with E-state index in [9.17, 15) is 0 Å². The molecule has 3 nitrogen and oxygen atoms in total. The molecule has 1 aromatic rings. The van der Waals surface area contributed by atoms with Gasteiger partial charge in [-0.1, -0.05) is 6.08 Å². The number of ether oxygens (including phenoxy) is 1. The molecule has 0 bridgehead atoms. The first-order valence-corrected chi connectivity index (χ1v) is 7.66. The van der Waals surface area contributed by atoms with Gasteiger partial charge < -0.3 is 16.2 Å². The number of hydrogen-bond acceptors (Lipinski definition) is 4. The van der Waals surface area contributed by atoms with Crippen LogP contribution in [0.5, 0.6) is 5.75 Å². The van der Waals surface area contributed by atoms with Gasteiger partial charge in [-0.05, 0) is 60.6 Å². The molecule has 2 rings (SSSR count). The summed E-state index contributed by atoms with van der Waals surface area (Å²) in [6.45, 7) is 2.09. The Hall–Kier alpha value is -0.970. The van der Waals surface area contributed by atoms with E-state index >= 15 is 0 Å². The molecule has 1 aliphatic carbocycles. The molecule has 0 atom stereocenters. The molecule has 0 aliphatic heterocycles. The van der Waals surface area contributed by atoms with E-state index in [2.05, 4.69) is 25.1 Å². The largest absolute Gasteiger partial charge is 0.496 e. The Bertz CT molecular complexity index is 483. The van der Waals surface area contributed by atoms with Crippen LogP contribution in [0.4, 0.5) is 0 Å². The van der Waals surface area contributed by atoms with Crippen LogP contribution in [0.1, 0.15) is 29.5 Å². The summed E-state index contributed by atoms with van der Waals surface area (Å²) in [5.41, 5.74) is 16.2. The minimum atomic E-state index is -0.294. The van der Waals surface area contributed by atoms with Gasteiger partial charge in [0.05, 0.1) is 7.11 Å². The smallest absolute Gasteiger partial charge is 0.122 e. The van der Waals surface area contributed by atoms with Gasteiger partial charge in [-0.15, -0.1) is 11.8 Å². The maximum absolute atomic E-state index is 5.56. The van der Waals surface area contributed by atoms with Crippen LogP contribution in [0.2, 0.25) is 0 Å². The molecule has 0 aromatic heterocycles. The maximum Gasteiger partial charge on any atom is 0.122 e. The van der Waals surface area contributed by atoms with Crippen LogP contribution in [-0.4, -0.2) is 18.4 Å². The van der Waals surface area contributed by atoms with E-state index in [-0.39, 0.29) is 5.50 Å². The molecule has 0 saturated carbocycles. The van der Waals surface area contributed by atoms with Gasteiger partial charge in [0.15, 0.2) is 0 Å². The number of hydrogen-bond donors (Lipinski definition) is 2. The molecular weight excluding hydrogens is 256 g/mol. The predicted molar refractivity (Wildman–Crippen MR) is 83.3 cm³/mol. The van der Waals surface area contributed by atoms with Gasteiger partial charge in [0.2, 0.25) is 0 Å². The SMILES string of the molecule is COc1cc2c(cc1C)/C(=C/CSC(N)N)CCC2. The second-order valence-corrected chi connectivity index (χ2v) is 6.07. The molecule has 104 valence electrons. The molecule has 0 radical (unpaired) electrons. The van der Waals surface area contributed by atoms with E-state index in [0.717, 1.165) is 24.3 Å². The molecule has 4 N–H and O–H groups in total. The number of benzene rings is 1. The second kappa shape index (κ2) is 6.46. The van der Waals surface area contributed by atoms with Crippen LogP contribution in [0.3, 0.4) is 0 Å². The Labute approximate surface area is 119 Å². The summed E-state index contributed by atoms with van der Waals surface area (Å²) in [6, 6.07) is 4.42. The Kier molecular flexibility index (Phi) is 4.91. The monoisotopic (exact) mass is 278 g/mol. The first kappa shape index (κ1) is 14.4. The number of nitrogens with two attached hydrogens (primary N) is 2. The average Bonchev–Trinajstić information content (AvgIpc) is 2.38. The van der Waals surface area contributed by atoms with E-state index in [0.29, 0.717) is 0 Å². The fourth-order valence-corrected chi connectivity index (χ4v) is 3.05. The normalized spacial score (nSPS) is 16.8. The Morgan fingerprint density at radius 3 is 2.84 bits per heavy atom. The van der Waals surface area contributed by atoms with Gasteiger partial charge in [0, 0.05) is 5.75 Å². The zero-order valence-electron chi connectivity index (χ0n) is 11.6. The third-order valence-electron chi connectivity index (χ3n) is 3.48. The van der Waals surface area contributed by atoms with Gasteiger partial charge in [0.1, 0.15) is 11.2 Å². The van der Waals surface area contributed by atoms with Crippen LogP contribution in [0.25, 0.3) is 5.57 Å². The highest BCUT2D eigenvalue weighted by Crippen LogP contribution is 2.35. The summed E-state index contributed by atoms with van der Waals surface area (Å²) in [7, 11) is 1.73. The Morgan fingerprint density at radius 1 is 1.37 bits per heavy atom. The van der Waals surface area contributed by atoms with Crippen molar-refractivity contribution in [1.82, 2.24) is 0 Å². The number of rotatable bonds is 4. The van der Waals surface area contributed by atoms with Crippen LogP contribution >= 0.6 is 11.8 Å². The van der Waals surface area contributed by atoms with Crippen molar-refractivity contribution in [3.63, 3.8) is 0 Å². The fraction of sp³-hybridized carbons (Fsp3) is 0.467. The van der Waals surface area contributed by atoms with Crippen molar-refractivity contribution in [2.24, 2.45) is 11.5 Å². The van der Waals surface area contributed by atoms with E-state index < -0.39 is 0 Å². The summed E-state index contributed by atoms with van der Waals surface area (Å²) < 4.78 is 5.40. The first-order valence-electron chi connectivity index (χ1n) is 6.61. The van der Waals surface area contributed by atoms with Crippen molar-refractivity contribution in [3.05, 3.63) is 34.9 Å². The van der Waals surface area contributed by atoms with Crippen molar-refractivity contribution in [2.45, 2.75) is 31.7 Å². The quantitative estimate of drug-likeness (QED) is 0.831. The molecular formula is C15H22N2OS. The molecule has 19 heavy (non-hydrogen) atoms. The Balaban J connectivity index is 2.26.